The van der Waals surface area contributed by atoms with Gasteiger partial charge in [0.1, 0.15) is 11.8 Å². The number of nitrogens with zero attached hydrogens (tertiary/aromatic N) is 1. The molecule has 1 aromatic rings. The molecule has 6 nitrogen and oxygen atoms in total. The van der Waals surface area contributed by atoms with Crippen molar-refractivity contribution in [2.75, 3.05) is 26.9 Å². The minimum Gasteiger partial charge on any atom is -0.469 e. The Kier molecular flexibility index (Phi) is 8.26. The first-order valence-electron chi connectivity index (χ1n) is 8.63. The highest BCUT2D eigenvalue weighted by molar-refractivity contribution is 5.39. The van der Waals surface area contributed by atoms with Gasteiger partial charge in [0.2, 0.25) is 0 Å². The number of ether oxygens (including phenoxy) is 2. The van der Waals surface area contributed by atoms with Crippen molar-refractivity contribution in [1.29, 1.82) is 5.26 Å². The Morgan fingerprint density at radius 1 is 1.44 bits per heavy atom. The number of rotatable bonds is 10. The molecule has 2 N–H and O–H groups in total. The fourth-order valence-electron chi connectivity index (χ4n) is 2.74. The molecule has 0 radical (unpaired) electrons. The number of allylic oxidation sites excluding steroid dienone is 3. The molecular weight excluding hydrogens is 320 g/mol. The quantitative estimate of drug-likeness (QED) is 0.385. The van der Waals surface area contributed by atoms with Crippen molar-refractivity contribution in [2.24, 2.45) is 0 Å². The highest BCUT2D eigenvalue weighted by atomic mass is 16.6. The van der Waals surface area contributed by atoms with Crippen molar-refractivity contribution in [3.63, 3.8) is 0 Å². The van der Waals surface area contributed by atoms with E-state index in [9.17, 15) is 10.4 Å². The summed E-state index contributed by atoms with van der Waals surface area (Å²) in [6, 6.07) is 5.76. The average Bonchev–Trinajstić information content (AvgIpc) is 3.13. The molecule has 6 heteroatoms. The Bertz CT molecular complexity index is 614. The van der Waals surface area contributed by atoms with Gasteiger partial charge in [-0.2, -0.15) is 5.26 Å². The number of hydrogen-bond donors (Lipinski definition) is 2. The number of furan rings is 1. The molecule has 1 aliphatic rings. The lowest BCUT2D eigenvalue weighted by atomic mass is 9.95. The molecule has 0 bridgehead atoms. The van der Waals surface area contributed by atoms with Crippen LogP contribution in [-0.2, 0) is 15.9 Å². The number of nitrogens with one attached hydrogen (secondary N) is 1. The van der Waals surface area contributed by atoms with E-state index in [-0.39, 0.29) is 5.57 Å². The number of aliphatic hydroxyl groups excluding tert-OH is 1. The first kappa shape index (κ1) is 19.3. The third-order valence-corrected chi connectivity index (χ3v) is 4.04. The van der Waals surface area contributed by atoms with Gasteiger partial charge in [-0.25, -0.2) is 0 Å². The molecule has 1 aliphatic carbocycles. The van der Waals surface area contributed by atoms with Crippen molar-refractivity contribution in [3.8, 4) is 6.07 Å². The molecular formula is C19H26N2O4. The largest absolute Gasteiger partial charge is 0.469 e. The smallest absolute Gasteiger partial charge is 0.191 e. The van der Waals surface area contributed by atoms with Crippen LogP contribution in [0.25, 0.3) is 0 Å². The summed E-state index contributed by atoms with van der Waals surface area (Å²) in [7, 11) is 1.69. The molecule has 1 atom stereocenters. The molecule has 0 saturated heterocycles. The van der Waals surface area contributed by atoms with Crippen LogP contribution in [0.1, 0.15) is 31.4 Å². The van der Waals surface area contributed by atoms with E-state index in [0.717, 1.165) is 49.3 Å². The molecule has 1 heterocycles. The van der Waals surface area contributed by atoms with E-state index in [1.54, 1.807) is 13.4 Å². The second-order valence-corrected chi connectivity index (χ2v) is 5.90. The van der Waals surface area contributed by atoms with Crippen LogP contribution < -0.4 is 5.32 Å². The second kappa shape index (κ2) is 10.7. The van der Waals surface area contributed by atoms with Gasteiger partial charge in [0.15, 0.2) is 6.29 Å². The summed E-state index contributed by atoms with van der Waals surface area (Å²) in [5, 5.41) is 23.0. The molecule has 1 unspecified atom stereocenters. The summed E-state index contributed by atoms with van der Waals surface area (Å²) in [5.41, 5.74) is 2.22. The summed E-state index contributed by atoms with van der Waals surface area (Å²) >= 11 is 0. The molecule has 25 heavy (non-hydrogen) atoms. The van der Waals surface area contributed by atoms with Gasteiger partial charge in [-0.15, -0.1) is 0 Å². The topological polar surface area (TPSA) is 87.7 Å². The molecule has 0 aliphatic heterocycles. The predicted octanol–water partition coefficient (Wildman–Crippen LogP) is 2.67. The monoisotopic (exact) mass is 346 g/mol. The highest BCUT2D eigenvalue weighted by Gasteiger charge is 2.18. The van der Waals surface area contributed by atoms with E-state index in [2.05, 4.69) is 11.4 Å². The Balaban J connectivity index is 1.91. The van der Waals surface area contributed by atoms with Gasteiger partial charge in [0.25, 0.3) is 0 Å². The lowest BCUT2D eigenvalue weighted by Gasteiger charge is -2.20. The molecule has 0 saturated carbocycles. The Morgan fingerprint density at radius 3 is 3.04 bits per heavy atom. The molecule has 0 amide bonds. The van der Waals surface area contributed by atoms with E-state index >= 15 is 0 Å². The van der Waals surface area contributed by atoms with Gasteiger partial charge in [0.05, 0.1) is 18.4 Å². The van der Waals surface area contributed by atoms with Gasteiger partial charge in [0, 0.05) is 32.4 Å². The maximum Gasteiger partial charge on any atom is 0.191 e. The van der Waals surface area contributed by atoms with Crippen LogP contribution in [0.3, 0.4) is 0 Å². The number of nitriles is 1. The van der Waals surface area contributed by atoms with Gasteiger partial charge >= 0.3 is 0 Å². The molecule has 1 aromatic heterocycles. The highest BCUT2D eigenvalue weighted by Crippen LogP contribution is 2.25. The molecule has 0 spiro atoms. The third kappa shape index (κ3) is 6.39. The molecule has 0 fully saturated rings. The van der Waals surface area contributed by atoms with Crippen LogP contribution >= 0.6 is 0 Å². The van der Waals surface area contributed by atoms with E-state index < -0.39 is 6.29 Å². The third-order valence-electron chi connectivity index (χ3n) is 4.04. The summed E-state index contributed by atoms with van der Waals surface area (Å²) in [4.78, 5) is 0. The van der Waals surface area contributed by atoms with Crippen molar-refractivity contribution >= 4 is 0 Å². The number of hydrogen-bond acceptors (Lipinski definition) is 6. The summed E-state index contributed by atoms with van der Waals surface area (Å²) in [6.07, 6.45) is 6.50. The van der Waals surface area contributed by atoms with E-state index in [0.29, 0.717) is 19.6 Å². The Hall–Kier alpha value is -2.07. The first-order valence-corrected chi connectivity index (χ1v) is 8.63. The SMILES string of the molecule is COCCCNC1=C/C(=C(/C#N)C(O)OCCc2ccco2)CCC1. The number of methoxy groups -OCH3 is 1. The second-order valence-electron chi connectivity index (χ2n) is 5.90. The van der Waals surface area contributed by atoms with Gasteiger partial charge < -0.3 is 24.3 Å². The Labute approximate surface area is 148 Å². The van der Waals surface area contributed by atoms with E-state index in [1.807, 2.05) is 18.2 Å². The summed E-state index contributed by atoms with van der Waals surface area (Å²) in [6.45, 7) is 1.84. The molecule has 2 rings (SSSR count). The lowest BCUT2D eigenvalue weighted by molar-refractivity contribution is -0.0694. The minimum absolute atomic E-state index is 0.287. The maximum atomic E-state index is 10.2. The minimum atomic E-state index is -1.21. The predicted molar refractivity (Wildman–Crippen MR) is 93.4 cm³/mol. The zero-order valence-electron chi connectivity index (χ0n) is 14.7. The van der Waals surface area contributed by atoms with Crippen molar-refractivity contribution in [2.45, 2.75) is 38.4 Å². The van der Waals surface area contributed by atoms with Crippen molar-refractivity contribution < 1.29 is 19.0 Å². The van der Waals surface area contributed by atoms with Crippen LogP contribution in [0.4, 0.5) is 0 Å². The maximum absolute atomic E-state index is 10.2. The van der Waals surface area contributed by atoms with Crippen LogP contribution in [0.15, 0.2) is 45.7 Å². The average molecular weight is 346 g/mol. The van der Waals surface area contributed by atoms with Crippen molar-refractivity contribution in [3.05, 3.63) is 47.1 Å². The lowest BCUT2D eigenvalue weighted by Crippen LogP contribution is -2.21. The standard InChI is InChI=1S/C19H26N2O4/c1-23-10-4-9-21-16-6-2-5-15(13-16)18(14-20)19(22)25-12-8-17-7-3-11-24-17/h3,7,11,13,19,21-22H,2,4-6,8-10,12H2,1H3/b18-15-. The van der Waals surface area contributed by atoms with E-state index in [1.165, 1.54) is 0 Å². The fourth-order valence-corrected chi connectivity index (χ4v) is 2.74. The summed E-state index contributed by atoms with van der Waals surface area (Å²) < 4.78 is 15.7. The van der Waals surface area contributed by atoms with Gasteiger partial charge in [-0.05, 0) is 49.5 Å². The van der Waals surface area contributed by atoms with Crippen LogP contribution in [-0.4, -0.2) is 38.3 Å². The van der Waals surface area contributed by atoms with E-state index in [4.69, 9.17) is 13.9 Å². The van der Waals surface area contributed by atoms with Gasteiger partial charge in [-0.3, -0.25) is 0 Å². The number of aliphatic hydroxyl groups is 1. The molecule has 0 aromatic carbocycles. The van der Waals surface area contributed by atoms with Gasteiger partial charge in [-0.1, -0.05) is 0 Å². The molecule has 136 valence electrons. The normalized spacial score (nSPS) is 17.6. The van der Waals surface area contributed by atoms with Crippen LogP contribution in [0.5, 0.6) is 0 Å². The zero-order valence-corrected chi connectivity index (χ0v) is 14.7. The van der Waals surface area contributed by atoms with Crippen LogP contribution in [0, 0.1) is 11.3 Å². The first-order chi connectivity index (χ1) is 12.2. The zero-order chi connectivity index (χ0) is 17.9. The summed E-state index contributed by atoms with van der Waals surface area (Å²) in [5.74, 6) is 0.790. The van der Waals surface area contributed by atoms with Crippen LogP contribution in [0.2, 0.25) is 0 Å². The van der Waals surface area contributed by atoms with Crippen molar-refractivity contribution in [1.82, 2.24) is 5.32 Å². The fraction of sp³-hybridized carbons (Fsp3) is 0.526. The Morgan fingerprint density at radius 2 is 2.32 bits per heavy atom.